The largest absolute Gasteiger partial charge is 0.368 e. The van der Waals surface area contributed by atoms with E-state index in [9.17, 15) is 0 Å². The lowest BCUT2D eigenvalue weighted by Gasteiger charge is -2.49. The van der Waals surface area contributed by atoms with E-state index in [1.54, 1.807) is 0 Å². The predicted octanol–water partition coefficient (Wildman–Crippen LogP) is 4.24. The molecule has 0 radical (unpaired) electrons. The molecule has 3 nitrogen and oxygen atoms in total. The van der Waals surface area contributed by atoms with Gasteiger partial charge in [-0.1, -0.05) is 18.3 Å². The number of piperidine rings is 1. The maximum absolute atomic E-state index is 3.31. The Bertz CT molecular complexity index is 991. The van der Waals surface area contributed by atoms with E-state index < -0.39 is 0 Å². The molecule has 5 rings (SSSR count). The van der Waals surface area contributed by atoms with Gasteiger partial charge in [0, 0.05) is 59.1 Å². The molecule has 2 atom stereocenters. The van der Waals surface area contributed by atoms with Gasteiger partial charge in [0.1, 0.15) is 0 Å². The van der Waals surface area contributed by atoms with Gasteiger partial charge in [-0.3, -0.25) is 4.90 Å². The minimum atomic E-state index is 0.709. The molecule has 3 heteroatoms. The molecule has 2 fully saturated rings. The van der Waals surface area contributed by atoms with Crippen LogP contribution < -0.4 is 4.90 Å². The molecular weight excluding hydrogens is 330 g/mol. The van der Waals surface area contributed by atoms with Gasteiger partial charge >= 0.3 is 0 Å². The maximum atomic E-state index is 3.31. The van der Waals surface area contributed by atoms with Crippen molar-refractivity contribution in [3.63, 3.8) is 0 Å². The minimum Gasteiger partial charge on any atom is -0.368 e. The van der Waals surface area contributed by atoms with Crippen molar-refractivity contribution >= 4 is 16.6 Å². The number of likely N-dealkylation sites (N-methyl/N-ethyl adjacent to an activating group) is 1. The number of nitrogens with one attached hydrogen (secondary N) is 1. The molecule has 2 aliphatic heterocycles. The number of hydrogen-bond acceptors (Lipinski definition) is 2. The van der Waals surface area contributed by atoms with Crippen LogP contribution in [-0.4, -0.2) is 42.1 Å². The van der Waals surface area contributed by atoms with Gasteiger partial charge in [0.2, 0.25) is 0 Å². The van der Waals surface area contributed by atoms with E-state index in [4.69, 9.17) is 0 Å². The van der Waals surface area contributed by atoms with Gasteiger partial charge in [0.05, 0.1) is 0 Å². The van der Waals surface area contributed by atoms with Crippen LogP contribution in [0.3, 0.4) is 0 Å². The van der Waals surface area contributed by atoms with E-state index in [1.165, 1.54) is 30.3 Å². The number of hydrogen-bond donors (Lipinski definition) is 1. The third kappa shape index (κ3) is 3.22. The highest BCUT2D eigenvalue weighted by Gasteiger charge is 2.34. The average molecular weight is 355 g/mol. The molecule has 0 saturated carbocycles. The summed E-state index contributed by atoms with van der Waals surface area (Å²) in [6.45, 7) is 2.30. The van der Waals surface area contributed by atoms with Gasteiger partial charge in [-0.05, 0) is 68.4 Å². The van der Waals surface area contributed by atoms with Crippen molar-refractivity contribution in [1.82, 2.24) is 9.88 Å². The Morgan fingerprint density at radius 2 is 1.59 bits per heavy atom. The van der Waals surface area contributed by atoms with Crippen LogP contribution in [0.25, 0.3) is 10.9 Å². The number of fused-ring (bicyclic) bond motifs is 3. The molecular formula is C24H25N3. The number of anilines is 1. The first kappa shape index (κ1) is 16.5. The summed E-state index contributed by atoms with van der Waals surface area (Å²) in [5.74, 6) is 6.60. The first-order valence-corrected chi connectivity index (χ1v) is 9.92. The van der Waals surface area contributed by atoms with Crippen LogP contribution in [-0.2, 0) is 0 Å². The molecule has 0 aliphatic carbocycles. The molecule has 2 saturated heterocycles. The molecule has 1 N–H and O–H groups in total. The Labute approximate surface area is 161 Å². The number of nitrogens with zero attached hydrogens (tertiary/aromatic N) is 2. The Kier molecular flexibility index (Phi) is 4.14. The highest BCUT2D eigenvalue weighted by Crippen LogP contribution is 2.30. The standard InChI is InChI=1S/C24H25N3/c1-26-22-3-2-4-23(26)17-27(16-22)21-10-7-18(8-11-21)5-6-19-9-12-24-20(15-19)13-14-25-24/h7-15,22-23,25H,2-4,16-17H2,1H3. The third-order valence-electron chi connectivity index (χ3n) is 6.23. The first-order valence-electron chi connectivity index (χ1n) is 9.92. The fourth-order valence-corrected chi connectivity index (χ4v) is 4.56. The summed E-state index contributed by atoms with van der Waals surface area (Å²) in [5, 5.41) is 1.21. The van der Waals surface area contributed by atoms with E-state index in [0.717, 1.165) is 29.7 Å². The summed E-state index contributed by atoms with van der Waals surface area (Å²) in [6.07, 6.45) is 6.01. The maximum Gasteiger partial charge on any atom is 0.0454 e. The molecule has 3 heterocycles. The fourth-order valence-electron chi connectivity index (χ4n) is 4.56. The van der Waals surface area contributed by atoms with Crippen molar-refractivity contribution < 1.29 is 0 Å². The number of H-pyrrole nitrogens is 1. The lowest BCUT2D eigenvalue weighted by atomic mass is 9.91. The van der Waals surface area contributed by atoms with Crippen molar-refractivity contribution in [3.8, 4) is 11.8 Å². The molecule has 136 valence electrons. The van der Waals surface area contributed by atoms with Gasteiger partial charge in [-0.25, -0.2) is 0 Å². The van der Waals surface area contributed by atoms with Crippen LogP contribution in [0.15, 0.2) is 54.7 Å². The summed E-state index contributed by atoms with van der Waals surface area (Å²) in [4.78, 5) is 8.38. The van der Waals surface area contributed by atoms with Crippen LogP contribution in [0.4, 0.5) is 5.69 Å². The molecule has 2 unspecified atom stereocenters. The fraction of sp³-hybridized carbons (Fsp3) is 0.333. The average Bonchev–Trinajstić information content (AvgIpc) is 3.14. The molecule has 2 aromatic carbocycles. The van der Waals surface area contributed by atoms with Crippen molar-refractivity contribution in [3.05, 3.63) is 65.9 Å². The van der Waals surface area contributed by atoms with E-state index in [0.29, 0.717) is 12.1 Å². The normalized spacial score (nSPS) is 22.5. The van der Waals surface area contributed by atoms with E-state index in [-0.39, 0.29) is 0 Å². The molecule has 2 aliphatic rings. The Morgan fingerprint density at radius 3 is 2.37 bits per heavy atom. The Balaban J connectivity index is 1.32. The van der Waals surface area contributed by atoms with E-state index >= 15 is 0 Å². The number of rotatable bonds is 1. The summed E-state index contributed by atoms with van der Waals surface area (Å²) < 4.78 is 0. The summed E-state index contributed by atoms with van der Waals surface area (Å²) >= 11 is 0. The summed E-state index contributed by atoms with van der Waals surface area (Å²) in [5.41, 5.74) is 4.61. The Hall–Kier alpha value is -2.70. The van der Waals surface area contributed by atoms with Gasteiger partial charge < -0.3 is 9.88 Å². The zero-order valence-electron chi connectivity index (χ0n) is 15.8. The number of aromatic amines is 1. The second kappa shape index (κ2) is 6.79. The van der Waals surface area contributed by atoms with Crippen LogP contribution in [0.5, 0.6) is 0 Å². The zero-order valence-corrected chi connectivity index (χ0v) is 15.8. The van der Waals surface area contributed by atoms with Crippen LogP contribution in [0.2, 0.25) is 0 Å². The Morgan fingerprint density at radius 1 is 0.889 bits per heavy atom. The quantitative estimate of drug-likeness (QED) is 0.660. The predicted molar refractivity (Wildman–Crippen MR) is 112 cm³/mol. The van der Waals surface area contributed by atoms with Crippen LogP contribution >= 0.6 is 0 Å². The van der Waals surface area contributed by atoms with Crippen molar-refractivity contribution in [2.75, 3.05) is 25.0 Å². The second-order valence-corrected chi connectivity index (χ2v) is 7.89. The van der Waals surface area contributed by atoms with Gasteiger partial charge in [0.25, 0.3) is 0 Å². The van der Waals surface area contributed by atoms with Crippen molar-refractivity contribution in [1.29, 1.82) is 0 Å². The smallest absolute Gasteiger partial charge is 0.0454 e. The minimum absolute atomic E-state index is 0.709. The van der Waals surface area contributed by atoms with E-state index in [1.807, 2.05) is 6.20 Å². The molecule has 2 bridgehead atoms. The highest BCUT2D eigenvalue weighted by molar-refractivity contribution is 5.80. The van der Waals surface area contributed by atoms with Crippen LogP contribution in [0, 0.1) is 11.8 Å². The zero-order chi connectivity index (χ0) is 18.2. The van der Waals surface area contributed by atoms with Gasteiger partial charge in [-0.15, -0.1) is 0 Å². The topological polar surface area (TPSA) is 22.3 Å². The van der Waals surface area contributed by atoms with Crippen molar-refractivity contribution in [2.24, 2.45) is 0 Å². The van der Waals surface area contributed by atoms with Gasteiger partial charge in [0.15, 0.2) is 0 Å². The first-order chi connectivity index (χ1) is 13.3. The molecule has 0 amide bonds. The van der Waals surface area contributed by atoms with Gasteiger partial charge in [-0.2, -0.15) is 0 Å². The monoisotopic (exact) mass is 355 g/mol. The lowest BCUT2D eigenvalue weighted by Crippen LogP contribution is -2.59. The molecule has 0 spiro atoms. The number of benzene rings is 2. The highest BCUT2D eigenvalue weighted by atomic mass is 15.3. The van der Waals surface area contributed by atoms with Crippen molar-refractivity contribution in [2.45, 2.75) is 31.3 Å². The molecule has 27 heavy (non-hydrogen) atoms. The molecule has 3 aromatic rings. The van der Waals surface area contributed by atoms with E-state index in [2.05, 4.69) is 82.2 Å². The number of piperazine rings is 1. The summed E-state index contributed by atoms with van der Waals surface area (Å²) in [7, 11) is 2.30. The molecule has 1 aromatic heterocycles. The lowest BCUT2D eigenvalue weighted by molar-refractivity contribution is 0.0950. The van der Waals surface area contributed by atoms with Crippen LogP contribution in [0.1, 0.15) is 30.4 Å². The SMILES string of the molecule is CN1C2CCCC1CN(c1ccc(C#Cc3ccc4[nH]ccc4c3)cc1)C2. The third-order valence-corrected chi connectivity index (χ3v) is 6.23. The second-order valence-electron chi connectivity index (χ2n) is 7.89. The number of aromatic nitrogens is 1. The summed E-state index contributed by atoms with van der Waals surface area (Å²) in [6, 6.07) is 18.6.